The lowest BCUT2D eigenvalue weighted by Crippen LogP contribution is -2.39. The van der Waals surface area contributed by atoms with Gasteiger partial charge in [-0.15, -0.1) is 0 Å². The predicted octanol–water partition coefficient (Wildman–Crippen LogP) is 5.97. The second-order valence-electron chi connectivity index (χ2n) is 8.43. The Morgan fingerprint density at radius 2 is 1.81 bits per heavy atom. The molecule has 0 fully saturated rings. The number of ether oxygens (including phenoxy) is 1. The number of pyridine rings is 1. The number of rotatable bonds is 7. The molecule has 0 N–H and O–H groups in total. The molecule has 0 radical (unpaired) electrons. The van der Waals surface area contributed by atoms with Gasteiger partial charge in [0, 0.05) is 27.7 Å². The topological polar surface area (TPSA) is 125 Å². The standard InChI is InChI=1S/C26H15ClF4N4O6S/c1-39-22-12-19(14-3-2-4-16(28)9-14)21(27)11-20(22)23-18-6-5-17(10-15(18)7-8-32-23)42(37,38)35(25-33-13-40-34-25)41-24(36)26(29,30)31/h2-13H,1H3. The maximum atomic E-state index is 13.8. The van der Waals surface area contributed by atoms with Gasteiger partial charge in [-0.1, -0.05) is 29.8 Å². The minimum Gasteiger partial charge on any atom is -0.496 e. The number of fused-ring (bicyclic) bond motifs is 1. The molecule has 0 saturated heterocycles. The maximum absolute atomic E-state index is 13.8. The Labute approximate surface area is 239 Å². The van der Waals surface area contributed by atoms with Crippen molar-refractivity contribution in [1.82, 2.24) is 15.1 Å². The van der Waals surface area contributed by atoms with E-state index < -0.39 is 38.8 Å². The van der Waals surface area contributed by atoms with Crippen molar-refractivity contribution >= 4 is 44.3 Å². The Hall–Kier alpha value is -4.76. The number of halogens is 5. The number of hydrogen-bond donors (Lipinski definition) is 0. The van der Waals surface area contributed by atoms with Crippen LogP contribution in [0.4, 0.5) is 23.5 Å². The minimum absolute atomic E-state index is 0.247. The zero-order valence-corrected chi connectivity index (χ0v) is 22.5. The summed E-state index contributed by atoms with van der Waals surface area (Å²) in [7, 11) is -3.59. The highest BCUT2D eigenvalue weighted by Gasteiger charge is 2.46. The number of carbonyl (C=O) groups excluding carboxylic acids is 1. The summed E-state index contributed by atoms with van der Waals surface area (Å²) in [4.78, 5) is 22.8. The zero-order chi connectivity index (χ0) is 30.2. The van der Waals surface area contributed by atoms with Gasteiger partial charge in [-0.25, -0.2) is 9.18 Å². The van der Waals surface area contributed by atoms with E-state index in [-0.39, 0.29) is 14.9 Å². The van der Waals surface area contributed by atoms with E-state index in [2.05, 4.69) is 24.5 Å². The summed E-state index contributed by atoms with van der Waals surface area (Å²) in [6, 6.07) is 13.9. The third-order valence-electron chi connectivity index (χ3n) is 5.84. The highest BCUT2D eigenvalue weighted by molar-refractivity contribution is 7.92. The second kappa shape index (κ2) is 10.9. The summed E-state index contributed by atoms with van der Waals surface area (Å²) >= 11 is 6.56. The molecule has 0 amide bonds. The highest BCUT2D eigenvalue weighted by atomic mass is 35.5. The van der Waals surface area contributed by atoms with Gasteiger partial charge in [0.05, 0.1) is 17.7 Å². The van der Waals surface area contributed by atoms with E-state index in [0.29, 0.717) is 39.9 Å². The number of aromatic nitrogens is 3. The van der Waals surface area contributed by atoms with E-state index in [4.69, 9.17) is 16.3 Å². The SMILES string of the molecule is COc1cc(-c2cccc(F)c2)c(Cl)cc1-c1nccc2cc(S(=O)(=O)N(OC(=O)C(F)(F)F)c3ncon3)ccc12. The third kappa shape index (κ3) is 5.43. The van der Waals surface area contributed by atoms with Gasteiger partial charge < -0.3 is 14.1 Å². The minimum atomic E-state index is -5.52. The van der Waals surface area contributed by atoms with Gasteiger partial charge in [0.25, 0.3) is 10.0 Å². The van der Waals surface area contributed by atoms with Crippen molar-refractivity contribution in [2.75, 3.05) is 11.6 Å². The van der Waals surface area contributed by atoms with E-state index in [0.717, 1.165) is 12.1 Å². The molecule has 42 heavy (non-hydrogen) atoms. The number of hydrogen-bond acceptors (Lipinski definition) is 9. The van der Waals surface area contributed by atoms with Crippen molar-refractivity contribution < 1.29 is 44.9 Å². The van der Waals surface area contributed by atoms with Crippen LogP contribution in [-0.4, -0.2) is 42.8 Å². The summed E-state index contributed by atoms with van der Waals surface area (Å²) < 4.78 is 88.7. The molecule has 0 unspecified atom stereocenters. The number of benzene rings is 3. The number of alkyl halides is 3. The van der Waals surface area contributed by atoms with Crippen LogP contribution in [0.25, 0.3) is 33.2 Å². The van der Waals surface area contributed by atoms with Crippen LogP contribution in [0.3, 0.4) is 0 Å². The van der Waals surface area contributed by atoms with Gasteiger partial charge in [0.15, 0.2) is 0 Å². The van der Waals surface area contributed by atoms with Crippen LogP contribution >= 0.6 is 11.6 Å². The molecule has 0 aliphatic carbocycles. The van der Waals surface area contributed by atoms with Crippen molar-refractivity contribution in [3.8, 4) is 28.1 Å². The molecule has 0 aliphatic rings. The van der Waals surface area contributed by atoms with Gasteiger partial charge in [0.2, 0.25) is 6.39 Å². The molecule has 0 spiro atoms. The highest BCUT2D eigenvalue weighted by Crippen LogP contribution is 2.41. The monoisotopic (exact) mass is 622 g/mol. The molecule has 0 saturated carbocycles. The molecule has 5 rings (SSSR count). The van der Waals surface area contributed by atoms with Crippen molar-refractivity contribution in [1.29, 1.82) is 0 Å². The van der Waals surface area contributed by atoms with Gasteiger partial charge in [-0.05, 0) is 63.0 Å². The molecule has 0 aliphatic heterocycles. The van der Waals surface area contributed by atoms with Crippen molar-refractivity contribution in [2.45, 2.75) is 11.1 Å². The third-order valence-corrected chi connectivity index (χ3v) is 7.68. The van der Waals surface area contributed by atoms with Gasteiger partial charge >= 0.3 is 18.1 Å². The van der Waals surface area contributed by atoms with E-state index in [1.807, 2.05) is 0 Å². The average molecular weight is 623 g/mol. The lowest BCUT2D eigenvalue weighted by Gasteiger charge is -2.19. The fourth-order valence-electron chi connectivity index (χ4n) is 3.98. The summed E-state index contributed by atoms with van der Waals surface area (Å²) in [5.41, 5.74) is 1.72. The fraction of sp³-hybridized carbons (Fsp3) is 0.0769. The van der Waals surface area contributed by atoms with E-state index in [1.54, 1.807) is 18.2 Å². The number of nitrogens with zero attached hydrogens (tertiary/aromatic N) is 4. The summed E-state index contributed by atoms with van der Waals surface area (Å²) in [6.07, 6.45) is -3.52. The van der Waals surface area contributed by atoms with Crippen LogP contribution in [0.5, 0.6) is 5.75 Å². The quantitative estimate of drug-likeness (QED) is 0.159. The Kier molecular flexibility index (Phi) is 7.47. The fourth-order valence-corrected chi connectivity index (χ4v) is 5.42. The first kappa shape index (κ1) is 28.8. The molecular weight excluding hydrogens is 608 g/mol. The molecule has 10 nitrogen and oxygen atoms in total. The van der Waals surface area contributed by atoms with Crippen molar-refractivity contribution in [3.05, 3.63) is 84.1 Å². The number of carbonyl (C=O) groups is 1. The largest absolute Gasteiger partial charge is 0.496 e. The van der Waals surface area contributed by atoms with Crippen LogP contribution in [0.15, 0.2) is 82.7 Å². The zero-order valence-electron chi connectivity index (χ0n) is 21.0. The average Bonchev–Trinajstić information content (AvgIpc) is 3.49. The molecular formula is C26H15ClF4N4O6S. The molecule has 2 heterocycles. The van der Waals surface area contributed by atoms with Gasteiger partial charge in [-0.2, -0.15) is 26.6 Å². The smallest absolute Gasteiger partial charge is 0.493 e. The number of methoxy groups -OCH3 is 1. The van der Waals surface area contributed by atoms with Crippen LogP contribution in [0.2, 0.25) is 5.02 Å². The molecule has 2 aromatic heterocycles. The Morgan fingerprint density at radius 3 is 2.48 bits per heavy atom. The van der Waals surface area contributed by atoms with Crippen LogP contribution in [0.1, 0.15) is 0 Å². The van der Waals surface area contributed by atoms with Crippen LogP contribution < -0.4 is 9.21 Å². The van der Waals surface area contributed by atoms with Gasteiger partial charge in [0.1, 0.15) is 11.6 Å². The van der Waals surface area contributed by atoms with Crippen molar-refractivity contribution in [2.24, 2.45) is 0 Å². The van der Waals surface area contributed by atoms with E-state index in [1.165, 1.54) is 43.6 Å². The molecule has 216 valence electrons. The molecule has 16 heteroatoms. The first-order chi connectivity index (χ1) is 19.9. The first-order valence-corrected chi connectivity index (χ1v) is 13.4. The lowest BCUT2D eigenvalue weighted by molar-refractivity contribution is -0.199. The second-order valence-corrected chi connectivity index (χ2v) is 10.6. The van der Waals surface area contributed by atoms with Gasteiger partial charge in [-0.3, -0.25) is 4.98 Å². The van der Waals surface area contributed by atoms with E-state index in [9.17, 15) is 30.8 Å². The molecule has 0 bridgehead atoms. The molecule has 5 aromatic rings. The Balaban J connectivity index is 1.59. The van der Waals surface area contributed by atoms with Crippen LogP contribution in [0, 0.1) is 5.82 Å². The predicted molar refractivity (Wildman–Crippen MR) is 140 cm³/mol. The normalized spacial score (nSPS) is 11.9. The lowest BCUT2D eigenvalue weighted by atomic mass is 9.98. The summed E-state index contributed by atoms with van der Waals surface area (Å²) in [5.74, 6) is -3.94. The first-order valence-electron chi connectivity index (χ1n) is 11.5. The van der Waals surface area contributed by atoms with E-state index >= 15 is 0 Å². The molecule has 3 aromatic carbocycles. The number of anilines is 1. The van der Waals surface area contributed by atoms with Crippen LogP contribution in [-0.2, 0) is 19.7 Å². The Bertz CT molecular complexity index is 1920. The maximum Gasteiger partial charge on any atom is 0.493 e. The molecule has 0 atom stereocenters. The Morgan fingerprint density at radius 1 is 1.02 bits per heavy atom. The van der Waals surface area contributed by atoms with Crippen molar-refractivity contribution in [3.63, 3.8) is 0 Å². The summed E-state index contributed by atoms with van der Waals surface area (Å²) in [5, 5.41) is 4.11. The summed E-state index contributed by atoms with van der Waals surface area (Å²) in [6.45, 7) is 0. The number of sulfonamides is 1.